The van der Waals surface area contributed by atoms with Gasteiger partial charge in [-0.2, -0.15) is 0 Å². The van der Waals surface area contributed by atoms with Gasteiger partial charge in [-0.15, -0.1) is 0 Å². The first-order valence-corrected chi connectivity index (χ1v) is 11.2. The van der Waals surface area contributed by atoms with Crippen LogP contribution in [0.25, 0.3) is 33.8 Å². The van der Waals surface area contributed by atoms with Crippen molar-refractivity contribution in [2.45, 2.75) is 0 Å². The molecule has 4 N–H and O–H groups in total. The molecular weight excluding hydrogens is 488 g/mol. The van der Waals surface area contributed by atoms with E-state index in [-0.39, 0.29) is 12.8 Å². The summed E-state index contributed by atoms with van der Waals surface area (Å²) in [7, 11) is 0. The summed E-state index contributed by atoms with van der Waals surface area (Å²) in [6.07, 6.45) is 6.82. The summed E-state index contributed by atoms with van der Waals surface area (Å²) in [6.45, 7) is 0. The van der Waals surface area contributed by atoms with Gasteiger partial charge in [0, 0.05) is 60.7 Å². The van der Waals surface area contributed by atoms with Crippen molar-refractivity contribution in [3.63, 3.8) is 0 Å². The Kier molecular flexibility index (Phi) is 6.11. The zero-order chi connectivity index (χ0) is 26.8. The number of hydrogen-bond acceptors (Lipinski definition) is 8. The van der Waals surface area contributed by atoms with Gasteiger partial charge < -0.3 is 15.9 Å². The lowest BCUT2D eigenvalue weighted by Crippen LogP contribution is -1.90. The zero-order valence-electron chi connectivity index (χ0n) is 19.7. The summed E-state index contributed by atoms with van der Waals surface area (Å²) in [5, 5.41) is 21.3. The lowest BCUT2D eigenvalue weighted by Gasteiger charge is -1.96. The van der Waals surface area contributed by atoms with Crippen LogP contribution in [0.2, 0.25) is 0 Å². The number of rotatable bonds is 4. The van der Waals surface area contributed by atoms with Crippen molar-refractivity contribution in [3.8, 4) is 22.5 Å². The fourth-order valence-corrected chi connectivity index (χ4v) is 3.78. The third kappa shape index (κ3) is 4.95. The van der Waals surface area contributed by atoms with Crippen molar-refractivity contribution in [2.75, 3.05) is 11.5 Å². The van der Waals surface area contributed by atoms with Gasteiger partial charge in [0.15, 0.2) is 0 Å². The number of non-ortho nitro benzene ring substituents is 1. The molecule has 6 aromatic rings. The molecule has 12 nitrogen and oxygen atoms in total. The van der Waals surface area contributed by atoms with Gasteiger partial charge in [-0.3, -0.25) is 24.6 Å². The van der Waals surface area contributed by atoms with Gasteiger partial charge >= 0.3 is 0 Å². The normalized spacial score (nSPS) is 10.7. The van der Waals surface area contributed by atoms with E-state index in [0.29, 0.717) is 16.9 Å². The highest BCUT2D eigenvalue weighted by atomic mass is 16.6. The molecule has 6 rings (SSSR count). The van der Waals surface area contributed by atoms with E-state index < -0.39 is 9.85 Å². The smallest absolute Gasteiger partial charge is 0.286 e. The Morgan fingerprint density at radius 1 is 0.579 bits per heavy atom. The van der Waals surface area contributed by atoms with Crippen molar-refractivity contribution < 1.29 is 11.3 Å². The minimum absolute atomic E-state index is 0. The highest BCUT2D eigenvalue weighted by molar-refractivity contribution is 5.66. The Bertz CT molecular complexity index is 1800. The van der Waals surface area contributed by atoms with Crippen molar-refractivity contribution in [1.82, 2.24) is 18.8 Å². The number of aromatic nitrogens is 4. The molecule has 0 atom stereocenters. The number of imidazole rings is 2. The molecule has 190 valence electrons. The molecule has 0 radical (unpaired) electrons. The molecule has 0 saturated heterocycles. The quantitative estimate of drug-likeness (QED) is 0.184. The van der Waals surface area contributed by atoms with Crippen LogP contribution in [0, 0.1) is 20.2 Å². The molecule has 0 saturated carbocycles. The minimum Gasteiger partial charge on any atom is -0.399 e. The third-order valence-corrected chi connectivity index (χ3v) is 5.70. The summed E-state index contributed by atoms with van der Waals surface area (Å²) in [5.74, 6) is 0. The molecule has 4 heterocycles. The van der Waals surface area contributed by atoms with Crippen LogP contribution in [-0.2, 0) is 0 Å². The highest BCUT2D eigenvalue weighted by Gasteiger charge is 2.11. The fraction of sp³-hybridized carbons (Fsp3) is 0. The number of hydrogen-bond donors (Lipinski definition) is 2. The van der Waals surface area contributed by atoms with Crippen molar-refractivity contribution in [2.24, 2.45) is 0 Å². The molecule has 2 aromatic carbocycles. The van der Waals surface area contributed by atoms with Crippen molar-refractivity contribution in [1.29, 1.82) is 0 Å². The largest absolute Gasteiger partial charge is 0.399 e. The van der Waals surface area contributed by atoms with Crippen molar-refractivity contribution in [3.05, 3.63) is 118 Å². The average Bonchev–Trinajstić information content (AvgIpc) is 3.53. The SMILES string of the molecule is Nc1ccc(-c2cn3cc(N)ccc3n2)cc1.O=[N+]([O-])c1ccc(-c2cn3cc([N+](=O)[O-])ccc3n2)cc1.[HH]. The van der Waals surface area contributed by atoms with Crippen molar-refractivity contribution >= 4 is 34.0 Å². The molecule has 0 fully saturated rings. The molecule has 0 unspecified atom stereocenters. The minimum atomic E-state index is -0.481. The first kappa shape index (κ1) is 23.9. The van der Waals surface area contributed by atoms with Gasteiger partial charge in [0.2, 0.25) is 0 Å². The van der Waals surface area contributed by atoms with E-state index in [1.807, 2.05) is 53.2 Å². The average molecular weight is 511 g/mol. The lowest BCUT2D eigenvalue weighted by atomic mass is 10.1. The van der Waals surface area contributed by atoms with E-state index in [4.69, 9.17) is 11.5 Å². The van der Waals surface area contributed by atoms with Gasteiger partial charge in [0.1, 0.15) is 11.3 Å². The van der Waals surface area contributed by atoms with Crippen LogP contribution in [0.5, 0.6) is 0 Å². The van der Waals surface area contributed by atoms with E-state index in [2.05, 4.69) is 9.97 Å². The number of anilines is 2. The van der Waals surface area contributed by atoms with Crippen LogP contribution in [0.3, 0.4) is 0 Å². The third-order valence-electron chi connectivity index (χ3n) is 5.70. The molecule has 0 aliphatic carbocycles. The van der Waals surface area contributed by atoms with Gasteiger partial charge in [0.05, 0.1) is 27.4 Å². The van der Waals surface area contributed by atoms with Crippen LogP contribution in [0.1, 0.15) is 1.43 Å². The molecule has 38 heavy (non-hydrogen) atoms. The Balaban J connectivity index is 0.000000180. The Labute approximate surface area is 216 Å². The van der Waals surface area contributed by atoms with Crippen LogP contribution in [0.15, 0.2) is 97.6 Å². The summed E-state index contributed by atoms with van der Waals surface area (Å²) >= 11 is 0. The summed E-state index contributed by atoms with van der Waals surface area (Å²) in [4.78, 5) is 29.2. The number of nitro groups is 2. The van der Waals surface area contributed by atoms with Crippen LogP contribution >= 0.6 is 0 Å². The van der Waals surface area contributed by atoms with Gasteiger partial charge in [0.25, 0.3) is 11.4 Å². The van der Waals surface area contributed by atoms with Gasteiger partial charge in [-0.25, -0.2) is 9.97 Å². The van der Waals surface area contributed by atoms with E-state index in [0.717, 1.165) is 28.3 Å². The van der Waals surface area contributed by atoms with Gasteiger partial charge in [-0.05, 0) is 42.5 Å². The highest BCUT2D eigenvalue weighted by Crippen LogP contribution is 2.24. The molecule has 0 aliphatic heterocycles. The monoisotopic (exact) mass is 510 g/mol. The van der Waals surface area contributed by atoms with Crippen LogP contribution in [-0.4, -0.2) is 28.6 Å². The number of pyridine rings is 2. The van der Waals surface area contributed by atoms with E-state index in [1.54, 1.807) is 28.8 Å². The summed E-state index contributed by atoms with van der Waals surface area (Å²) in [5.41, 5.74) is 17.5. The van der Waals surface area contributed by atoms with E-state index >= 15 is 0 Å². The predicted molar refractivity (Wildman–Crippen MR) is 146 cm³/mol. The molecule has 4 aromatic heterocycles. The second kappa shape index (κ2) is 9.70. The molecule has 0 bridgehead atoms. The second-order valence-corrected chi connectivity index (χ2v) is 8.32. The number of fused-ring (bicyclic) bond motifs is 2. The second-order valence-electron chi connectivity index (χ2n) is 8.32. The standard InChI is InChI=1S/C13H8N4O4.C13H12N4.H2/c18-16(19)10-3-1-9(2-4-10)12-8-15-7-11(17(20)21)5-6-13(15)14-12;14-10-3-1-9(2-4-10)12-8-17-7-11(15)5-6-13(17)16-12;/h1-8H;1-8H,14-15H2;1H. The number of nitrogens with zero attached hydrogens (tertiary/aromatic N) is 6. The maximum absolute atomic E-state index is 10.7. The van der Waals surface area contributed by atoms with E-state index in [1.165, 1.54) is 24.4 Å². The predicted octanol–water partition coefficient (Wildman–Crippen LogP) is 5.23. The van der Waals surface area contributed by atoms with Crippen LogP contribution in [0.4, 0.5) is 22.7 Å². The number of nitrogen functional groups attached to an aromatic ring is 2. The molecule has 0 aliphatic rings. The van der Waals surface area contributed by atoms with Gasteiger partial charge in [-0.1, -0.05) is 12.1 Å². The molecule has 0 spiro atoms. The number of nitrogens with two attached hydrogens (primary N) is 2. The topological polar surface area (TPSA) is 173 Å². The first-order chi connectivity index (χ1) is 18.3. The lowest BCUT2D eigenvalue weighted by molar-refractivity contribution is -0.385. The summed E-state index contributed by atoms with van der Waals surface area (Å²) < 4.78 is 3.47. The fourth-order valence-electron chi connectivity index (χ4n) is 3.78. The Morgan fingerprint density at radius 3 is 1.58 bits per heavy atom. The molecule has 0 amide bonds. The van der Waals surface area contributed by atoms with Crippen LogP contribution < -0.4 is 11.5 Å². The Morgan fingerprint density at radius 2 is 1.03 bits per heavy atom. The zero-order valence-corrected chi connectivity index (χ0v) is 19.7. The van der Waals surface area contributed by atoms with E-state index in [9.17, 15) is 20.2 Å². The first-order valence-electron chi connectivity index (χ1n) is 11.2. The summed E-state index contributed by atoms with van der Waals surface area (Å²) in [6, 6.07) is 20.3. The Hall–Kier alpha value is -5.78. The number of benzene rings is 2. The maximum atomic E-state index is 10.7. The number of nitro benzene ring substituents is 1. The molecular formula is C26H22N8O4. The maximum Gasteiger partial charge on any atom is 0.286 e. The molecule has 12 heteroatoms.